The molecule has 1 heterocycles. The van der Waals surface area contributed by atoms with Crippen LogP contribution >= 0.6 is 11.6 Å². The van der Waals surface area contributed by atoms with Crippen LogP contribution in [-0.4, -0.2) is 21.2 Å². The van der Waals surface area contributed by atoms with Crippen LogP contribution in [0.25, 0.3) is 11.3 Å². The van der Waals surface area contributed by atoms with Crippen LogP contribution in [0.15, 0.2) is 30.6 Å². The highest BCUT2D eigenvalue weighted by Crippen LogP contribution is 2.34. The van der Waals surface area contributed by atoms with Gasteiger partial charge in [-0.05, 0) is 31.4 Å². The zero-order chi connectivity index (χ0) is 14.1. The van der Waals surface area contributed by atoms with E-state index in [0.29, 0.717) is 16.8 Å². The van der Waals surface area contributed by atoms with Gasteiger partial charge in [-0.2, -0.15) is 0 Å². The second-order valence-corrected chi connectivity index (χ2v) is 5.38. The number of aromatic nitrogens is 2. The minimum Gasteiger partial charge on any atom is -0.493 e. The van der Waals surface area contributed by atoms with E-state index in [9.17, 15) is 5.11 Å². The smallest absolute Gasteiger partial charge is 0.214 e. The summed E-state index contributed by atoms with van der Waals surface area (Å²) in [6.45, 7) is 2.01. The average Bonchev–Trinajstić information content (AvgIpc) is 3.22. The maximum Gasteiger partial charge on any atom is 0.214 e. The third-order valence-electron chi connectivity index (χ3n) is 3.31. The van der Waals surface area contributed by atoms with Gasteiger partial charge in [0.05, 0.1) is 17.9 Å². The van der Waals surface area contributed by atoms with E-state index in [4.69, 9.17) is 16.3 Å². The maximum absolute atomic E-state index is 9.39. The number of halogens is 1. The topological polar surface area (TPSA) is 55.2 Å². The highest BCUT2D eigenvalue weighted by atomic mass is 35.5. The summed E-state index contributed by atoms with van der Waals surface area (Å²) in [5.41, 5.74) is 2.46. The zero-order valence-corrected chi connectivity index (χ0v) is 11.8. The number of rotatable bonds is 4. The van der Waals surface area contributed by atoms with Gasteiger partial charge in [0.1, 0.15) is 6.33 Å². The quantitative estimate of drug-likeness (QED) is 0.932. The third-order valence-corrected chi connectivity index (χ3v) is 3.64. The molecule has 1 aliphatic carbocycles. The molecule has 1 unspecified atom stereocenters. The third kappa shape index (κ3) is 2.92. The number of ether oxygens (including phenoxy) is 1. The van der Waals surface area contributed by atoms with Crippen molar-refractivity contribution in [3.63, 3.8) is 0 Å². The van der Waals surface area contributed by atoms with Crippen molar-refractivity contribution in [2.45, 2.75) is 32.0 Å². The van der Waals surface area contributed by atoms with Crippen LogP contribution in [0.1, 0.15) is 31.4 Å². The van der Waals surface area contributed by atoms with E-state index in [-0.39, 0.29) is 12.0 Å². The Labute approximate surface area is 122 Å². The largest absolute Gasteiger partial charge is 0.493 e. The molecule has 4 nitrogen and oxygen atoms in total. The van der Waals surface area contributed by atoms with Gasteiger partial charge in [-0.15, -0.1) is 0 Å². The van der Waals surface area contributed by atoms with Gasteiger partial charge in [-0.25, -0.2) is 9.97 Å². The summed E-state index contributed by atoms with van der Waals surface area (Å²) < 4.78 is 5.84. The molecule has 1 saturated carbocycles. The molecular formula is C15H15ClN2O2. The van der Waals surface area contributed by atoms with E-state index < -0.39 is 0 Å². The molecule has 1 atom stereocenters. The van der Waals surface area contributed by atoms with Crippen molar-refractivity contribution in [2.75, 3.05) is 0 Å². The highest BCUT2D eigenvalue weighted by Gasteiger charge is 2.25. The van der Waals surface area contributed by atoms with Crippen LogP contribution < -0.4 is 0 Å². The van der Waals surface area contributed by atoms with E-state index >= 15 is 0 Å². The Morgan fingerprint density at radius 2 is 2.10 bits per heavy atom. The molecule has 1 aromatic heterocycles. The maximum atomic E-state index is 9.39. The van der Waals surface area contributed by atoms with Gasteiger partial charge in [0.2, 0.25) is 5.88 Å². The van der Waals surface area contributed by atoms with Crippen LogP contribution in [0.2, 0.25) is 5.02 Å². The fraction of sp³-hybridized carbons (Fsp3) is 0.333. The summed E-state index contributed by atoms with van der Waals surface area (Å²) in [4.78, 5) is 7.79. The van der Waals surface area contributed by atoms with Gasteiger partial charge in [-0.3, -0.25) is 0 Å². The molecule has 0 amide bonds. The van der Waals surface area contributed by atoms with Crippen LogP contribution in [0.5, 0.6) is 5.88 Å². The molecule has 0 saturated heterocycles. The Balaban J connectivity index is 1.86. The molecular weight excluding hydrogens is 276 g/mol. The predicted octanol–water partition coefficient (Wildman–Crippen LogP) is 3.74. The van der Waals surface area contributed by atoms with Crippen LogP contribution in [0, 0.1) is 0 Å². The summed E-state index contributed by atoms with van der Waals surface area (Å²) in [7, 11) is 0. The Kier molecular flexibility index (Phi) is 3.59. The first-order valence-electron chi connectivity index (χ1n) is 6.60. The monoisotopic (exact) mass is 290 g/mol. The molecule has 0 bridgehead atoms. The summed E-state index contributed by atoms with van der Waals surface area (Å²) in [5.74, 6) is -0.0550. The molecule has 5 heteroatoms. The number of hydrogen-bond acceptors (Lipinski definition) is 4. The number of nitrogens with zero attached hydrogens (tertiary/aromatic N) is 2. The molecule has 3 rings (SSSR count). The van der Waals surface area contributed by atoms with Crippen molar-refractivity contribution in [3.05, 3.63) is 41.2 Å². The standard InChI is InChI=1S/C15H15ClN2O2/c1-9(20-11-3-4-11)12-5-2-10(6-13(12)16)14-7-15(19)18-8-17-14/h2,5-9,11H,3-4H2,1H3,(H,17,18,19). The number of aromatic hydroxyl groups is 1. The fourth-order valence-corrected chi connectivity index (χ4v) is 2.42. The van der Waals surface area contributed by atoms with Gasteiger partial charge in [-0.1, -0.05) is 23.7 Å². The minimum atomic E-state index is -0.0550. The highest BCUT2D eigenvalue weighted by molar-refractivity contribution is 6.31. The molecule has 1 fully saturated rings. The number of benzene rings is 1. The van der Waals surface area contributed by atoms with Gasteiger partial charge in [0.15, 0.2) is 0 Å². The Hall–Kier alpha value is -1.65. The van der Waals surface area contributed by atoms with E-state index in [1.807, 2.05) is 25.1 Å². The summed E-state index contributed by atoms with van der Waals surface area (Å²) in [5, 5.41) is 10.0. The lowest BCUT2D eigenvalue weighted by molar-refractivity contribution is 0.0520. The fourth-order valence-electron chi connectivity index (χ4n) is 2.09. The average molecular weight is 291 g/mol. The molecule has 20 heavy (non-hydrogen) atoms. The predicted molar refractivity (Wildman–Crippen MR) is 76.7 cm³/mol. The van der Waals surface area contributed by atoms with E-state index in [2.05, 4.69) is 9.97 Å². The lowest BCUT2D eigenvalue weighted by atomic mass is 10.1. The van der Waals surface area contributed by atoms with Gasteiger partial charge in [0, 0.05) is 16.7 Å². The number of hydrogen-bond donors (Lipinski definition) is 1. The second kappa shape index (κ2) is 5.38. The van der Waals surface area contributed by atoms with Crippen molar-refractivity contribution in [1.82, 2.24) is 9.97 Å². The second-order valence-electron chi connectivity index (χ2n) is 4.98. The van der Waals surface area contributed by atoms with Gasteiger partial charge >= 0.3 is 0 Å². The van der Waals surface area contributed by atoms with Crippen molar-refractivity contribution >= 4 is 11.6 Å². The first-order chi connectivity index (χ1) is 9.63. The molecule has 1 N–H and O–H groups in total. The van der Waals surface area contributed by atoms with Crippen LogP contribution in [-0.2, 0) is 4.74 Å². The first-order valence-corrected chi connectivity index (χ1v) is 6.97. The van der Waals surface area contributed by atoms with E-state index in [1.165, 1.54) is 12.4 Å². The van der Waals surface area contributed by atoms with Crippen molar-refractivity contribution in [1.29, 1.82) is 0 Å². The van der Waals surface area contributed by atoms with Crippen molar-refractivity contribution in [3.8, 4) is 17.1 Å². The Bertz CT molecular complexity index is 629. The van der Waals surface area contributed by atoms with Gasteiger partial charge in [0.25, 0.3) is 0 Å². The Morgan fingerprint density at radius 1 is 1.30 bits per heavy atom. The summed E-state index contributed by atoms with van der Waals surface area (Å²) >= 11 is 6.33. The summed E-state index contributed by atoms with van der Waals surface area (Å²) in [6.07, 6.45) is 3.98. The SMILES string of the molecule is CC(OC1CC1)c1ccc(-c2cc(O)ncn2)cc1Cl. The van der Waals surface area contributed by atoms with Crippen molar-refractivity contribution in [2.24, 2.45) is 0 Å². The van der Waals surface area contributed by atoms with Crippen molar-refractivity contribution < 1.29 is 9.84 Å². The van der Waals surface area contributed by atoms with Crippen LogP contribution in [0.4, 0.5) is 0 Å². The summed E-state index contributed by atoms with van der Waals surface area (Å²) in [6, 6.07) is 7.22. The first kappa shape index (κ1) is 13.3. The molecule has 1 aromatic carbocycles. The normalized spacial score (nSPS) is 16.1. The molecule has 0 spiro atoms. The lowest BCUT2D eigenvalue weighted by Gasteiger charge is -2.15. The van der Waals surface area contributed by atoms with Crippen LogP contribution in [0.3, 0.4) is 0 Å². The molecule has 1 aliphatic rings. The zero-order valence-electron chi connectivity index (χ0n) is 11.1. The molecule has 104 valence electrons. The molecule has 2 aromatic rings. The minimum absolute atomic E-state index is 0.0112. The molecule has 0 aliphatic heterocycles. The molecule has 0 radical (unpaired) electrons. The van der Waals surface area contributed by atoms with E-state index in [0.717, 1.165) is 24.0 Å². The lowest BCUT2D eigenvalue weighted by Crippen LogP contribution is -2.02. The van der Waals surface area contributed by atoms with Gasteiger partial charge < -0.3 is 9.84 Å². The Morgan fingerprint density at radius 3 is 2.75 bits per heavy atom. The van der Waals surface area contributed by atoms with E-state index in [1.54, 1.807) is 0 Å².